The van der Waals surface area contributed by atoms with Gasteiger partial charge in [0.05, 0.1) is 4.90 Å². The summed E-state index contributed by atoms with van der Waals surface area (Å²) in [6.45, 7) is 2.47. The lowest BCUT2D eigenvalue weighted by atomic mass is 9.97. The van der Waals surface area contributed by atoms with Gasteiger partial charge in [-0.15, -0.1) is 0 Å². The monoisotopic (exact) mass is 388 g/mol. The standard InChI is InChI=1S/C21H28N2O3S/c1-15-13-18-14-19(9-10-20(18)23(15)21(24)17-7-8-17)27(25,26)22-12-11-16-5-3-2-4-6-16/h5,9-10,14-15,17,22H,2-4,6-8,11-13H2,1H3/t15-/m1/s1. The van der Waals surface area contributed by atoms with Crippen molar-refractivity contribution in [3.8, 4) is 0 Å². The molecule has 6 heteroatoms. The molecule has 0 aromatic heterocycles. The van der Waals surface area contributed by atoms with Crippen LogP contribution in [0.25, 0.3) is 0 Å². The Kier molecular flexibility index (Phi) is 5.12. The number of hydrogen-bond acceptors (Lipinski definition) is 3. The first kappa shape index (κ1) is 18.7. The van der Waals surface area contributed by atoms with E-state index in [-0.39, 0.29) is 17.9 Å². The summed E-state index contributed by atoms with van der Waals surface area (Å²) in [5.74, 6) is 0.355. The lowest BCUT2D eigenvalue weighted by Gasteiger charge is -2.22. The molecule has 0 bridgehead atoms. The van der Waals surface area contributed by atoms with Crippen LogP contribution in [0.2, 0.25) is 0 Å². The molecule has 0 spiro atoms. The lowest BCUT2D eigenvalue weighted by Crippen LogP contribution is -2.36. The summed E-state index contributed by atoms with van der Waals surface area (Å²) in [5.41, 5.74) is 3.20. The predicted molar refractivity (Wildman–Crippen MR) is 106 cm³/mol. The number of nitrogens with one attached hydrogen (secondary N) is 1. The Morgan fingerprint density at radius 2 is 2.07 bits per heavy atom. The summed E-state index contributed by atoms with van der Waals surface area (Å²) >= 11 is 0. The van der Waals surface area contributed by atoms with Crippen molar-refractivity contribution in [1.29, 1.82) is 0 Å². The molecule has 0 radical (unpaired) electrons. The van der Waals surface area contributed by atoms with Crippen LogP contribution < -0.4 is 9.62 Å². The van der Waals surface area contributed by atoms with Crippen LogP contribution in [-0.4, -0.2) is 26.9 Å². The number of sulfonamides is 1. The van der Waals surface area contributed by atoms with Gasteiger partial charge in [0.2, 0.25) is 15.9 Å². The van der Waals surface area contributed by atoms with Crippen LogP contribution >= 0.6 is 0 Å². The quantitative estimate of drug-likeness (QED) is 0.758. The Hall–Kier alpha value is -1.66. The van der Waals surface area contributed by atoms with Crippen LogP contribution in [0.4, 0.5) is 5.69 Å². The molecule has 5 nitrogen and oxygen atoms in total. The molecule has 1 atom stereocenters. The molecule has 0 unspecified atom stereocenters. The van der Waals surface area contributed by atoms with Crippen molar-refractivity contribution < 1.29 is 13.2 Å². The summed E-state index contributed by atoms with van der Waals surface area (Å²) < 4.78 is 28.1. The van der Waals surface area contributed by atoms with Gasteiger partial charge in [-0.3, -0.25) is 4.79 Å². The highest BCUT2D eigenvalue weighted by molar-refractivity contribution is 7.89. The Morgan fingerprint density at radius 3 is 2.78 bits per heavy atom. The molecule has 27 heavy (non-hydrogen) atoms. The van der Waals surface area contributed by atoms with E-state index in [1.54, 1.807) is 18.2 Å². The third-order valence-electron chi connectivity index (χ3n) is 5.86. The second-order valence-corrected chi connectivity index (χ2v) is 9.85. The highest BCUT2D eigenvalue weighted by Gasteiger charge is 2.39. The van der Waals surface area contributed by atoms with Gasteiger partial charge in [0.15, 0.2) is 0 Å². The number of fused-ring (bicyclic) bond motifs is 1. The normalized spacial score (nSPS) is 22.5. The second-order valence-electron chi connectivity index (χ2n) is 8.08. The van der Waals surface area contributed by atoms with Gasteiger partial charge in [-0.25, -0.2) is 13.1 Å². The first-order valence-corrected chi connectivity index (χ1v) is 11.6. The number of carbonyl (C=O) groups excluding carboxylic acids is 1. The molecule has 1 heterocycles. The number of nitrogens with zero attached hydrogens (tertiary/aromatic N) is 1. The van der Waals surface area contributed by atoms with Crippen LogP contribution in [0.3, 0.4) is 0 Å². The molecule has 4 rings (SSSR count). The fourth-order valence-electron chi connectivity index (χ4n) is 4.20. The van der Waals surface area contributed by atoms with Crippen LogP contribution in [0, 0.1) is 5.92 Å². The fraction of sp³-hybridized carbons (Fsp3) is 0.571. The number of hydrogen-bond donors (Lipinski definition) is 1. The fourth-order valence-corrected chi connectivity index (χ4v) is 5.28. The third-order valence-corrected chi connectivity index (χ3v) is 7.32. The van der Waals surface area contributed by atoms with Crippen molar-refractivity contribution in [2.24, 2.45) is 5.92 Å². The number of rotatable bonds is 6. The Morgan fingerprint density at radius 1 is 1.26 bits per heavy atom. The molecular formula is C21H28N2O3S. The number of benzene rings is 1. The average Bonchev–Trinajstić information content (AvgIpc) is 3.44. The van der Waals surface area contributed by atoms with Gasteiger partial charge in [0, 0.05) is 24.2 Å². The topological polar surface area (TPSA) is 66.5 Å². The van der Waals surface area contributed by atoms with E-state index in [2.05, 4.69) is 10.8 Å². The van der Waals surface area contributed by atoms with E-state index in [1.807, 2.05) is 11.8 Å². The highest BCUT2D eigenvalue weighted by atomic mass is 32.2. The molecule has 3 aliphatic rings. The number of allylic oxidation sites excluding steroid dienone is 1. The average molecular weight is 389 g/mol. The summed E-state index contributed by atoms with van der Waals surface area (Å²) in [4.78, 5) is 14.7. The Balaban J connectivity index is 1.45. The maximum atomic E-state index is 12.7. The smallest absolute Gasteiger partial charge is 0.240 e. The molecule has 1 N–H and O–H groups in total. The minimum Gasteiger partial charge on any atom is -0.309 e. The molecule has 0 saturated heterocycles. The maximum Gasteiger partial charge on any atom is 0.240 e. The number of amides is 1. The van der Waals surface area contributed by atoms with Crippen molar-refractivity contribution in [2.75, 3.05) is 11.4 Å². The first-order valence-electron chi connectivity index (χ1n) is 10.1. The summed E-state index contributed by atoms with van der Waals surface area (Å²) in [6.07, 6.45) is 10.3. The zero-order valence-electron chi connectivity index (χ0n) is 15.9. The van der Waals surface area contributed by atoms with E-state index < -0.39 is 10.0 Å². The summed E-state index contributed by atoms with van der Waals surface area (Å²) in [6, 6.07) is 5.27. The van der Waals surface area contributed by atoms with Crippen molar-refractivity contribution in [3.63, 3.8) is 0 Å². The van der Waals surface area contributed by atoms with Gasteiger partial charge in [-0.1, -0.05) is 11.6 Å². The van der Waals surface area contributed by atoms with Crippen LogP contribution in [-0.2, 0) is 21.2 Å². The third kappa shape index (κ3) is 3.97. The van der Waals surface area contributed by atoms with E-state index in [0.717, 1.165) is 43.4 Å². The number of carbonyl (C=O) groups is 1. The largest absolute Gasteiger partial charge is 0.309 e. The molecule has 1 fully saturated rings. The Bertz CT molecular complexity index is 871. The molecule has 1 aromatic rings. The molecule has 2 aliphatic carbocycles. The molecular weight excluding hydrogens is 360 g/mol. The van der Waals surface area contributed by atoms with Gasteiger partial charge in [0.1, 0.15) is 0 Å². The molecule has 1 amide bonds. The van der Waals surface area contributed by atoms with Crippen LogP contribution in [0.15, 0.2) is 34.7 Å². The van der Waals surface area contributed by atoms with E-state index >= 15 is 0 Å². The van der Waals surface area contributed by atoms with Crippen molar-refractivity contribution in [1.82, 2.24) is 4.72 Å². The minimum atomic E-state index is -3.52. The van der Waals surface area contributed by atoms with Crippen molar-refractivity contribution in [2.45, 2.75) is 69.2 Å². The Labute approximate surface area is 161 Å². The van der Waals surface area contributed by atoms with Gasteiger partial charge in [-0.05, 0) is 82.1 Å². The highest BCUT2D eigenvalue weighted by Crippen LogP contribution is 2.39. The number of anilines is 1. The lowest BCUT2D eigenvalue weighted by molar-refractivity contribution is -0.120. The molecule has 1 saturated carbocycles. The van der Waals surface area contributed by atoms with E-state index in [9.17, 15) is 13.2 Å². The predicted octanol–water partition coefficient (Wildman–Crippen LogP) is 3.54. The summed E-state index contributed by atoms with van der Waals surface area (Å²) in [5, 5.41) is 0. The van der Waals surface area contributed by atoms with Gasteiger partial charge in [-0.2, -0.15) is 0 Å². The van der Waals surface area contributed by atoms with Gasteiger partial charge in [0.25, 0.3) is 0 Å². The molecule has 146 valence electrons. The molecule has 1 aliphatic heterocycles. The maximum absolute atomic E-state index is 12.7. The van der Waals surface area contributed by atoms with Crippen molar-refractivity contribution >= 4 is 21.6 Å². The van der Waals surface area contributed by atoms with Crippen LogP contribution in [0.1, 0.15) is 57.4 Å². The second kappa shape index (κ2) is 7.40. The summed E-state index contributed by atoms with van der Waals surface area (Å²) in [7, 11) is -3.52. The zero-order chi connectivity index (χ0) is 19.0. The SMILES string of the molecule is C[C@@H]1Cc2cc(S(=O)(=O)NCCC3=CCCCC3)ccc2N1C(=O)C1CC1. The van der Waals surface area contributed by atoms with Crippen molar-refractivity contribution in [3.05, 3.63) is 35.4 Å². The first-order chi connectivity index (χ1) is 13.0. The van der Waals surface area contributed by atoms with Gasteiger partial charge < -0.3 is 4.90 Å². The van der Waals surface area contributed by atoms with Gasteiger partial charge >= 0.3 is 0 Å². The van der Waals surface area contributed by atoms with E-state index in [0.29, 0.717) is 17.9 Å². The molecule has 1 aromatic carbocycles. The van der Waals surface area contributed by atoms with E-state index in [1.165, 1.54) is 18.4 Å². The zero-order valence-corrected chi connectivity index (χ0v) is 16.7. The van der Waals surface area contributed by atoms with Crippen LogP contribution in [0.5, 0.6) is 0 Å². The minimum absolute atomic E-state index is 0.0947. The van der Waals surface area contributed by atoms with E-state index in [4.69, 9.17) is 0 Å².